The van der Waals surface area contributed by atoms with Gasteiger partial charge in [-0.15, -0.1) is 0 Å². The lowest BCUT2D eigenvalue weighted by Gasteiger charge is -2.29. The lowest BCUT2D eigenvalue weighted by atomic mass is 10.0. The molecule has 1 nitrogen and oxygen atoms in total. The van der Waals surface area contributed by atoms with E-state index >= 15 is 0 Å². The van der Waals surface area contributed by atoms with Crippen LogP contribution >= 0.6 is 0 Å². The molecule has 0 aromatic heterocycles. The predicted molar refractivity (Wildman–Crippen MR) is 56.1 cm³/mol. The molecule has 0 fully saturated rings. The van der Waals surface area contributed by atoms with Gasteiger partial charge >= 0.3 is 0 Å². The van der Waals surface area contributed by atoms with Crippen molar-refractivity contribution < 1.29 is 4.48 Å². The van der Waals surface area contributed by atoms with Gasteiger partial charge < -0.3 is 4.48 Å². The average Bonchev–Trinajstić information content (AvgIpc) is 2.00. The van der Waals surface area contributed by atoms with E-state index in [9.17, 15) is 0 Å². The quantitative estimate of drug-likeness (QED) is 0.425. The highest BCUT2D eigenvalue weighted by Gasteiger charge is 2.13. The van der Waals surface area contributed by atoms with Gasteiger partial charge in [-0.05, 0) is 18.4 Å². The summed E-state index contributed by atoms with van der Waals surface area (Å²) in [7, 11) is 4.54. The first-order valence-corrected chi connectivity index (χ1v) is 4.94. The average molecular weight is 170 g/mol. The molecule has 0 rings (SSSR count). The summed E-state index contributed by atoms with van der Waals surface area (Å²) < 4.78 is 1.08. The molecule has 0 amide bonds. The molecule has 1 heteroatoms. The van der Waals surface area contributed by atoms with E-state index in [0.29, 0.717) is 0 Å². The second-order valence-corrected chi connectivity index (χ2v) is 4.43. The van der Waals surface area contributed by atoms with Crippen LogP contribution in [0.4, 0.5) is 0 Å². The molecule has 0 aliphatic rings. The van der Waals surface area contributed by atoms with E-state index in [2.05, 4.69) is 34.5 Å². The summed E-state index contributed by atoms with van der Waals surface area (Å²) in [5.74, 6) is 0.868. The molecule has 0 aliphatic heterocycles. The summed E-state index contributed by atoms with van der Waals surface area (Å²) in [5, 5.41) is 0. The van der Waals surface area contributed by atoms with Crippen molar-refractivity contribution in [3.63, 3.8) is 0 Å². The van der Waals surface area contributed by atoms with Crippen LogP contribution in [-0.2, 0) is 0 Å². The van der Waals surface area contributed by atoms with Crippen LogP contribution in [0.1, 0.15) is 26.7 Å². The predicted octanol–water partition coefficient (Wildman–Crippen LogP) is 2.69. The fourth-order valence-electron chi connectivity index (χ4n) is 1.21. The van der Waals surface area contributed by atoms with E-state index < -0.39 is 0 Å². The van der Waals surface area contributed by atoms with Crippen LogP contribution in [0.25, 0.3) is 0 Å². The molecule has 0 aromatic carbocycles. The lowest BCUT2D eigenvalue weighted by Crippen LogP contribution is -2.40. The summed E-state index contributed by atoms with van der Waals surface area (Å²) in [4.78, 5) is 0. The first kappa shape index (κ1) is 11.7. The largest absolute Gasteiger partial charge is 0.325 e. The van der Waals surface area contributed by atoms with Crippen LogP contribution in [0.3, 0.4) is 0 Å². The third-order valence-corrected chi connectivity index (χ3v) is 2.55. The van der Waals surface area contributed by atoms with Gasteiger partial charge in [-0.2, -0.15) is 0 Å². The normalized spacial score (nSPS) is 14.3. The zero-order valence-corrected chi connectivity index (χ0v) is 9.14. The summed E-state index contributed by atoms with van der Waals surface area (Å²) in [6, 6.07) is 0. The summed E-state index contributed by atoms with van der Waals surface area (Å²) in [6.45, 7) is 10.7. The Hall–Kier alpha value is -0.300. The van der Waals surface area contributed by atoms with Crippen molar-refractivity contribution in [2.24, 2.45) is 5.92 Å². The molecule has 0 heterocycles. The van der Waals surface area contributed by atoms with Gasteiger partial charge in [-0.25, -0.2) is 0 Å². The molecule has 0 bridgehead atoms. The summed E-state index contributed by atoms with van der Waals surface area (Å²) in [5.41, 5.74) is 0. The number of quaternary nitrogens is 1. The smallest absolute Gasteiger partial charge is 0.0966 e. The Bertz CT molecular complexity index is 127. The topological polar surface area (TPSA) is 0 Å². The molecule has 0 aliphatic carbocycles. The highest BCUT2D eigenvalue weighted by Crippen LogP contribution is 2.09. The molecule has 0 spiro atoms. The summed E-state index contributed by atoms with van der Waals surface area (Å²) in [6.07, 6.45) is 4.64. The van der Waals surface area contributed by atoms with E-state index in [4.69, 9.17) is 0 Å². The molecule has 72 valence electrons. The second kappa shape index (κ2) is 5.36. The van der Waals surface area contributed by atoms with Gasteiger partial charge in [0, 0.05) is 0 Å². The Morgan fingerprint density at radius 1 is 1.42 bits per heavy atom. The van der Waals surface area contributed by atoms with Gasteiger partial charge in [0.2, 0.25) is 0 Å². The van der Waals surface area contributed by atoms with Crippen molar-refractivity contribution >= 4 is 0 Å². The number of nitrogens with zero attached hydrogens (tertiary/aromatic N) is 1. The minimum atomic E-state index is 0.868. The maximum Gasteiger partial charge on any atom is 0.0966 e. The van der Waals surface area contributed by atoms with Crippen LogP contribution < -0.4 is 0 Å². The van der Waals surface area contributed by atoms with E-state index in [0.717, 1.165) is 16.9 Å². The molecule has 1 atom stereocenters. The van der Waals surface area contributed by atoms with E-state index in [1.165, 1.54) is 19.4 Å². The number of hydrogen-bond donors (Lipinski definition) is 0. The Morgan fingerprint density at radius 3 is 2.42 bits per heavy atom. The van der Waals surface area contributed by atoms with Gasteiger partial charge in [0.15, 0.2) is 0 Å². The van der Waals surface area contributed by atoms with Gasteiger partial charge in [-0.3, -0.25) is 0 Å². The third kappa shape index (κ3) is 5.36. The maximum absolute atomic E-state index is 3.78. The van der Waals surface area contributed by atoms with Crippen molar-refractivity contribution in [2.45, 2.75) is 26.7 Å². The standard InChI is InChI=1S/C11H24N/c1-6-9-12(4,5)10-8-11(3)7-2/h6,11H,1,7-10H2,2-5H3/q+1. The van der Waals surface area contributed by atoms with Crippen LogP contribution in [0.2, 0.25) is 0 Å². The van der Waals surface area contributed by atoms with Gasteiger partial charge in [0.25, 0.3) is 0 Å². The summed E-state index contributed by atoms with van der Waals surface area (Å²) >= 11 is 0. The van der Waals surface area contributed by atoms with Crippen molar-refractivity contribution in [2.75, 3.05) is 27.2 Å². The van der Waals surface area contributed by atoms with E-state index in [-0.39, 0.29) is 0 Å². The van der Waals surface area contributed by atoms with Crippen LogP contribution in [0.15, 0.2) is 12.7 Å². The van der Waals surface area contributed by atoms with Crippen LogP contribution in [-0.4, -0.2) is 31.7 Å². The zero-order chi connectivity index (χ0) is 9.61. The highest BCUT2D eigenvalue weighted by atomic mass is 15.3. The second-order valence-electron chi connectivity index (χ2n) is 4.43. The zero-order valence-electron chi connectivity index (χ0n) is 9.14. The molecule has 1 unspecified atom stereocenters. The molecule has 12 heavy (non-hydrogen) atoms. The third-order valence-electron chi connectivity index (χ3n) is 2.55. The lowest BCUT2D eigenvalue weighted by molar-refractivity contribution is -0.885. The maximum atomic E-state index is 3.78. The Morgan fingerprint density at radius 2 is 2.00 bits per heavy atom. The van der Waals surface area contributed by atoms with Crippen LogP contribution in [0, 0.1) is 5.92 Å². The van der Waals surface area contributed by atoms with Crippen molar-refractivity contribution in [1.82, 2.24) is 0 Å². The molecule has 0 saturated carbocycles. The van der Waals surface area contributed by atoms with E-state index in [1.54, 1.807) is 0 Å². The van der Waals surface area contributed by atoms with Gasteiger partial charge in [-0.1, -0.05) is 26.8 Å². The Labute approximate surface area is 77.7 Å². The monoisotopic (exact) mass is 170 g/mol. The minimum Gasteiger partial charge on any atom is -0.325 e. The minimum absolute atomic E-state index is 0.868. The Kier molecular flexibility index (Phi) is 5.23. The number of hydrogen-bond acceptors (Lipinski definition) is 0. The van der Waals surface area contributed by atoms with Crippen molar-refractivity contribution in [3.8, 4) is 0 Å². The molecule has 0 saturated heterocycles. The first-order chi connectivity index (χ1) is 5.52. The Balaban J connectivity index is 3.66. The van der Waals surface area contributed by atoms with Crippen LogP contribution in [0.5, 0.6) is 0 Å². The van der Waals surface area contributed by atoms with Crippen molar-refractivity contribution in [3.05, 3.63) is 12.7 Å². The highest BCUT2D eigenvalue weighted by molar-refractivity contribution is 4.64. The first-order valence-electron chi connectivity index (χ1n) is 4.94. The molecule has 0 N–H and O–H groups in total. The van der Waals surface area contributed by atoms with Gasteiger partial charge in [0.05, 0.1) is 27.2 Å². The molecule has 0 aromatic rings. The molecule has 0 radical (unpaired) electrons. The molecular formula is C11H24N+. The SMILES string of the molecule is C=CC[N+](C)(C)CCC(C)CC. The van der Waals surface area contributed by atoms with Gasteiger partial charge in [0.1, 0.15) is 0 Å². The fourth-order valence-corrected chi connectivity index (χ4v) is 1.21. The van der Waals surface area contributed by atoms with E-state index in [1.807, 2.05) is 6.08 Å². The molecular weight excluding hydrogens is 146 g/mol. The fraction of sp³-hybridized carbons (Fsp3) is 0.818. The van der Waals surface area contributed by atoms with Crippen molar-refractivity contribution in [1.29, 1.82) is 0 Å². The number of likely N-dealkylation sites (N-methyl/N-ethyl adjacent to an activating group) is 1. The number of rotatable bonds is 6.